The van der Waals surface area contributed by atoms with Crippen LogP contribution in [-0.4, -0.2) is 12.1 Å². The average Bonchev–Trinajstić information content (AvgIpc) is 1.65. The van der Waals surface area contributed by atoms with Crippen molar-refractivity contribution in [3.8, 4) is 0 Å². The minimum absolute atomic E-state index is 0. The van der Waals surface area contributed by atoms with E-state index in [2.05, 4.69) is 0 Å². The minimum Gasteiger partial charge on any atom is -0.547 e. The summed E-state index contributed by atoms with van der Waals surface area (Å²) in [5, 5.41) is 9.44. The van der Waals surface area contributed by atoms with Gasteiger partial charge in [-0.3, -0.25) is 0 Å². The summed E-state index contributed by atoms with van der Waals surface area (Å²) in [7, 11) is 0. The van der Waals surface area contributed by atoms with Crippen LogP contribution in [-0.2, 0) is 4.79 Å². The Morgan fingerprint density at radius 1 is 1.88 bits per heavy atom. The van der Waals surface area contributed by atoms with Gasteiger partial charge in [0.25, 0.3) is 0 Å². The maximum absolute atomic E-state index is 11.6. The molecule has 42 valence electrons. The fourth-order valence-corrected chi connectivity index (χ4v) is 0.167. The molecule has 0 bridgehead atoms. The number of alkyl halides is 1. The molecule has 0 radical (unpaired) electrons. The third-order valence-corrected chi connectivity index (χ3v) is 0.614. The number of carboxylic acid groups (broad SMARTS) is 1. The summed E-state index contributed by atoms with van der Waals surface area (Å²) in [4.78, 5) is 9.44. The van der Waals surface area contributed by atoms with Gasteiger partial charge in [-0.2, -0.15) is 0 Å². The number of rotatable bonds is 2. The minimum atomic E-state index is -1.79. The van der Waals surface area contributed by atoms with Crippen LogP contribution in [0.25, 0.3) is 0 Å². The topological polar surface area (TPSA) is 40.1 Å². The Morgan fingerprint density at radius 3 is 2.25 bits per heavy atom. The van der Waals surface area contributed by atoms with E-state index in [1.807, 2.05) is 0 Å². The molecule has 4 heteroatoms. The monoisotopic (exact) mass is 144 g/mol. The zero-order valence-corrected chi connectivity index (χ0v) is 8.10. The van der Waals surface area contributed by atoms with E-state index in [9.17, 15) is 14.3 Å². The molecular formula is C4H6FKO2. The molecule has 0 aliphatic rings. The molecule has 0 saturated carbocycles. The number of hydrogen-bond donors (Lipinski definition) is 0. The van der Waals surface area contributed by atoms with Crippen LogP contribution in [0, 0.1) is 0 Å². The number of carbonyl (C=O) groups is 1. The molecule has 8 heavy (non-hydrogen) atoms. The van der Waals surface area contributed by atoms with Crippen molar-refractivity contribution < 1.29 is 65.7 Å². The largest absolute Gasteiger partial charge is 1.00 e. The van der Waals surface area contributed by atoms with Gasteiger partial charge in [-0.05, 0) is 6.42 Å². The Balaban J connectivity index is 0. The Kier molecular flexibility index (Phi) is 9.08. The molecule has 1 atom stereocenters. The van der Waals surface area contributed by atoms with Crippen molar-refractivity contribution in [2.75, 3.05) is 0 Å². The van der Waals surface area contributed by atoms with Crippen molar-refractivity contribution in [1.29, 1.82) is 0 Å². The maximum atomic E-state index is 11.6. The van der Waals surface area contributed by atoms with Crippen molar-refractivity contribution in [3.05, 3.63) is 0 Å². The third kappa shape index (κ3) is 5.18. The molecule has 0 rings (SSSR count). The fraction of sp³-hybridized carbons (Fsp3) is 0.750. The molecule has 0 N–H and O–H groups in total. The van der Waals surface area contributed by atoms with Crippen LogP contribution >= 0.6 is 0 Å². The first-order chi connectivity index (χ1) is 3.18. The number of carboxylic acids is 1. The van der Waals surface area contributed by atoms with Crippen LogP contribution in [0.3, 0.4) is 0 Å². The maximum Gasteiger partial charge on any atom is 1.00 e. The van der Waals surface area contributed by atoms with E-state index in [1.165, 1.54) is 6.92 Å². The van der Waals surface area contributed by atoms with E-state index in [1.54, 1.807) is 0 Å². The van der Waals surface area contributed by atoms with Gasteiger partial charge < -0.3 is 9.90 Å². The van der Waals surface area contributed by atoms with Gasteiger partial charge in [0.15, 0.2) is 0 Å². The van der Waals surface area contributed by atoms with Crippen LogP contribution in [0.5, 0.6) is 0 Å². The molecular weight excluding hydrogens is 138 g/mol. The Hall–Kier alpha value is 1.04. The van der Waals surface area contributed by atoms with Gasteiger partial charge in [0.1, 0.15) is 6.17 Å². The smallest absolute Gasteiger partial charge is 0.547 e. The summed E-state index contributed by atoms with van der Waals surface area (Å²) in [5.41, 5.74) is 0. The molecule has 0 saturated heterocycles. The number of carbonyl (C=O) groups excluding carboxylic acids is 1. The predicted octanol–water partition coefficient (Wildman–Crippen LogP) is -3.51. The first-order valence-electron chi connectivity index (χ1n) is 2.03. The second-order valence-electron chi connectivity index (χ2n) is 1.19. The zero-order chi connectivity index (χ0) is 5.86. The molecule has 0 amide bonds. The van der Waals surface area contributed by atoms with E-state index in [0.29, 0.717) is 0 Å². The van der Waals surface area contributed by atoms with Gasteiger partial charge in [-0.25, -0.2) is 4.39 Å². The van der Waals surface area contributed by atoms with Gasteiger partial charge in [-0.15, -0.1) is 0 Å². The number of hydrogen-bond acceptors (Lipinski definition) is 2. The molecule has 0 fully saturated rings. The van der Waals surface area contributed by atoms with Gasteiger partial charge >= 0.3 is 51.4 Å². The molecule has 0 heterocycles. The van der Waals surface area contributed by atoms with Crippen LogP contribution in [0.2, 0.25) is 0 Å². The predicted molar refractivity (Wildman–Crippen MR) is 20.2 cm³/mol. The van der Waals surface area contributed by atoms with E-state index in [4.69, 9.17) is 0 Å². The van der Waals surface area contributed by atoms with Gasteiger partial charge in [-0.1, -0.05) is 6.92 Å². The first-order valence-corrected chi connectivity index (χ1v) is 2.03. The SMILES string of the molecule is CCC(F)C(=O)[O-].[K+]. The van der Waals surface area contributed by atoms with Gasteiger partial charge in [0.2, 0.25) is 0 Å². The second kappa shape index (κ2) is 6.16. The molecule has 0 aliphatic heterocycles. The first kappa shape index (κ1) is 11.8. The molecule has 1 unspecified atom stereocenters. The summed E-state index contributed by atoms with van der Waals surface area (Å²) in [6.45, 7) is 1.44. The van der Waals surface area contributed by atoms with E-state index in [-0.39, 0.29) is 57.8 Å². The van der Waals surface area contributed by atoms with Crippen molar-refractivity contribution in [2.45, 2.75) is 19.5 Å². The molecule has 0 spiro atoms. The van der Waals surface area contributed by atoms with Crippen molar-refractivity contribution in [3.63, 3.8) is 0 Å². The number of halogens is 1. The Morgan fingerprint density at radius 2 is 2.25 bits per heavy atom. The molecule has 2 nitrogen and oxygen atoms in total. The van der Waals surface area contributed by atoms with Gasteiger partial charge in [0, 0.05) is 0 Å². The third-order valence-electron chi connectivity index (χ3n) is 0.614. The summed E-state index contributed by atoms with van der Waals surface area (Å²) < 4.78 is 11.6. The van der Waals surface area contributed by atoms with Crippen LogP contribution in [0.15, 0.2) is 0 Å². The summed E-state index contributed by atoms with van der Waals surface area (Å²) >= 11 is 0. The summed E-state index contributed by atoms with van der Waals surface area (Å²) in [6, 6.07) is 0. The molecule has 0 aromatic heterocycles. The molecule has 0 aliphatic carbocycles. The number of aliphatic carboxylic acids is 1. The molecule has 0 aromatic carbocycles. The van der Waals surface area contributed by atoms with Crippen LogP contribution in [0.1, 0.15) is 13.3 Å². The second-order valence-corrected chi connectivity index (χ2v) is 1.19. The van der Waals surface area contributed by atoms with Crippen molar-refractivity contribution >= 4 is 5.97 Å². The normalized spacial score (nSPS) is 11.8. The van der Waals surface area contributed by atoms with Crippen molar-refractivity contribution in [1.82, 2.24) is 0 Å². The summed E-state index contributed by atoms with van der Waals surface area (Å²) in [5.74, 6) is -1.62. The van der Waals surface area contributed by atoms with Gasteiger partial charge in [0.05, 0.1) is 5.97 Å². The van der Waals surface area contributed by atoms with E-state index >= 15 is 0 Å². The molecule has 0 aromatic rings. The van der Waals surface area contributed by atoms with E-state index in [0.717, 1.165) is 0 Å². The summed E-state index contributed by atoms with van der Waals surface area (Å²) in [6.07, 6.45) is -1.80. The standard InChI is InChI=1S/C4H7FO2.K/c1-2-3(5)4(6)7;/h3H,2H2,1H3,(H,6,7);/q;+1/p-1. The fourth-order valence-electron chi connectivity index (χ4n) is 0.167. The van der Waals surface area contributed by atoms with Crippen molar-refractivity contribution in [2.24, 2.45) is 0 Å². The zero-order valence-electron chi connectivity index (χ0n) is 4.98. The quantitative estimate of drug-likeness (QED) is 0.377. The van der Waals surface area contributed by atoms with E-state index < -0.39 is 12.1 Å². The van der Waals surface area contributed by atoms with Crippen LogP contribution < -0.4 is 56.5 Å². The Bertz CT molecular complexity index is 76.4. The van der Waals surface area contributed by atoms with Crippen LogP contribution in [0.4, 0.5) is 4.39 Å². The Labute approximate surface area is 89.9 Å². The average molecular weight is 144 g/mol.